The van der Waals surface area contributed by atoms with Crippen LogP contribution >= 0.6 is 0 Å². The van der Waals surface area contributed by atoms with Gasteiger partial charge in [0.2, 0.25) is 0 Å². The Labute approximate surface area is 225 Å². The van der Waals surface area contributed by atoms with Gasteiger partial charge in [-0.1, -0.05) is 108 Å². The molecular weight excluding hydrogens is 502 g/mol. The van der Waals surface area contributed by atoms with E-state index in [1.807, 2.05) is 18.2 Å². The fraction of sp³-hybridized carbons (Fsp3) is 0.0606. The molecule has 0 unspecified atom stereocenters. The number of benzene rings is 4. The van der Waals surface area contributed by atoms with Gasteiger partial charge in [-0.25, -0.2) is 0 Å². The topological polar surface area (TPSA) is 12.4 Å². The summed E-state index contributed by atoms with van der Waals surface area (Å²) in [5, 5.41) is 2.54. The molecule has 0 aromatic heterocycles. The molecule has 0 saturated carbocycles. The van der Waals surface area contributed by atoms with Crippen LogP contribution in [0.15, 0.2) is 108 Å². The van der Waals surface area contributed by atoms with Crippen molar-refractivity contribution < 1.29 is 26.2 Å². The second-order valence-electron chi connectivity index (χ2n) is 8.64. The summed E-state index contributed by atoms with van der Waals surface area (Å²) in [5.74, 6) is 0. The molecule has 0 saturated heterocycles. The molecule has 0 radical (unpaired) electrons. The van der Waals surface area contributed by atoms with E-state index in [4.69, 9.17) is 0 Å². The molecule has 0 bridgehead atoms. The maximum absolute atomic E-state index is 4.62. The van der Waals surface area contributed by atoms with Crippen molar-refractivity contribution in [1.29, 1.82) is 0 Å². The quantitative estimate of drug-likeness (QED) is 0.247. The van der Waals surface area contributed by atoms with Crippen molar-refractivity contribution >= 4 is 35.2 Å². The average Bonchev–Trinajstić information content (AvgIpc) is 3.67. The van der Waals surface area contributed by atoms with E-state index in [2.05, 4.69) is 114 Å². The van der Waals surface area contributed by atoms with Gasteiger partial charge >= 0.3 is 0 Å². The normalized spacial score (nSPS) is 13.9. The van der Waals surface area contributed by atoms with Crippen molar-refractivity contribution in [3.8, 4) is 0 Å². The van der Waals surface area contributed by atoms with Crippen LogP contribution in [0.5, 0.6) is 0 Å². The summed E-state index contributed by atoms with van der Waals surface area (Å²) in [5.41, 5.74) is 10.2. The molecule has 2 heteroatoms. The Morgan fingerprint density at radius 3 is 1.97 bits per heavy atom. The zero-order valence-corrected chi connectivity index (χ0v) is 21.9. The fourth-order valence-electron chi connectivity index (χ4n) is 4.80. The van der Waals surface area contributed by atoms with Gasteiger partial charge in [0, 0.05) is 31.9 Å². The van der Waals surface area contributed by atoms with Crippen LogP contribution < -0.4 is 10.4 Å². The Morgan fingerprint density at radius 2 is 1.29 bits per heavy atom. The summed E-state index contributed by atoms with van der Waals surface area (Å²) in [6, 6.07) is 34.7. The van der Waals surface area contributed by atoms with Crippen LogP contribution in [0.2, 0.25) is 0 Å². The van der Waals surface area contributed by atoms with Crippen molar-refractivity contribution in [2.75, 3.05) is 0 Å². The summed E-state index contributed by atoms with van der Waals surface area (Å²) in [7, 11) is 0. The van der Waals surface area contributed by atoms with Gasteiger partial charge in [0.25, 0.3) is 0 Å². The minimum Gasteiger partial charge on any atom is -0.307 e. The van der Waals surface area contributed by atoms with Gasteiger partial charge in [-0.05, 0) is 52.1 Å². The molecule has 8 rings (SSSR count). The molecule has 3 aliphatic carbocycles. The largest absolute Gasteiger partial charge is 0.307 e. The van der Waals surface area contributed by atoms with Crippen LogP contribution in [-0.2, 0) is 39.0 Å². The first-order valence-electron chi connectivity index (χ1n) is 11.8. The minimum absolute atomic E-state index is 0. The van der Waals surface area contributed by atoms with E-state index >= 15 is 0 Å². The van der Waals surface area contributed by atoms with Gasteiger partial charge in [0.15, 0.2) is 0 Å². The molecule has 1 nitrogen and oxygen atoms in total. The van der Waals surface area contributed by atoms with Gasteiger partial charge in [0.05, 0.1) is 0 Å². The van der Waals surface area contributed by atoms with Crippen molar-refractivity contribution in [1.82, 2.24) is 0 Å². The van der Waals surface area contributed by atoms with E-state index in [0.29, 0.717) is 0 Å². The molecule has 4 aliphatic rings. The third-order valence-corrected chi connectivity index (χ3v) is 6.48. The van der Waals surface area contributed by atoms with Gasteiger partial charge in [-0.15, -0.1) is 29.8 Å². The number of allylic oxidation sites excluding steroid dienone is 2. The molecule has 0 spiro atoms. The van der Waals surface area contributed by atoms with E-state index < -0.39 is 0 Å². The van der Waals surface area contributed by atoms with E-state index in [9.17, 15) is 0 Å². The Kier molecular flexibility index (Phi) is 7.02. The standard InChI is InChI=1S/C15H8N.2C9H8.Zr/c1-2-6-11-10(5-1)9-14-15(11)12-7-3-4-8-13(12)16-14;2*1-2-5-9-7-3-6-8(9)4-1;/h1-6,8-9H;2*1-6H,7H2;/q-1;;;. The number of hydrogen-bond acceptors (Lipinski definition) is 1. The van der Waals surface area contributed by atoms with Crippen LogP contribution in [0.1, 0.15) is 27.8 Å². The van der Waals surface area contributed by atoms with Crippen LogP contribution in [0.4, 0.5) is 5.69 Å². The zero-order chi connectivity index (χ0) is 22.7. The number of fused-ring (bicyclic) bond motifs is 6. The molecule has 0 amide bonds. The van der Waals surface area contributed by atoms with Gasteiger partial charge in [0.1, 0.15) is 0 Å². The van der Waals surface area contributed by atoms with E-state index in [1.54, 1.807) is 0 Å². The molecule has 4 aromatic carbocycles. The van der Waals surface area contributed by atoms with E-state index in [0.717, 1.165) is 29.8 Å². The van der Waals surface area contributed by atoms with Crippen LogP contribution in [0, 0.1) is 6.07 Å². The minimum atomic E-state index is 0. The van der Waals surface area contributed by atoms with Crippen molar-refractivity contribution in [2.24, 2.45) is 4.99 Å². The maximum Gasteiger partial charge on any atom is 0.0200 e. The van der Waals surface area contributed by atoms with Gasteiger partial charge in [-0.2, -0.15) is 0 Å². The summed E-state index contributed by atoms with van der Waals surface area (Å²) >= 11 is 0. The fourth-order valence-corrected chi connectivity index (χ4v) is 4.80. The van der Waals surface area contributed by atoms with Gasteiger partial charge < -0.3 is 4.99 Å². The third-order valence-electron chi connectivity index (χ3n) is 6.48. The number of rotatable bonds is 0. The van der Waals surface area contributed by atoms with E-state index in [-0.39, 0.29) is 26.2 Å². The predicted molar refractivity (Wildman–Crippen MR) is 143 cm³/mol. The second kappa shape index (κ2) is 10.5. The molecule has 166 valence electrons. The molecule has 0 atom stereocenters. The van der Waals surface area contributed by atoms with Crippen LogP contribution in [0.3, 0.4) is 0 Å². The second-order valence-corrected chi connectivity index (χ2v) is 8.64. The maximum atomic E-state index is 4.62. The smallest absolute Gasteiger partial charge is 0.0200 e. The first-order chi connectivity index (χ1) is 16.9. The molecule has 1 heterocycles. The van der Waals surface area contributed by atoms with Crippen molar-refractivity contribution in [2.45, 2.75) is 12.8 Å². The number of hydrogen-bond donors (Lipinski definition) is 0. The third kappa shape index (κ3) is 4.77. The molecule has 35 heavy (non-hydrogen) atoms. The molecule has 4 aromatic rings. The summed E-state index contributed by atoms with van der Waals surface area (Å²) < 4.78 is 0. The predicted octanol–water partition coefficient (Wildman–Crippen LogP) is 6.08. The summed E-state index contributed by atoms with van der Waals surface area (Å²) in [4.78, 5) is 4.62. The molecule has 1 aliphatic heterocycles. The SMILES string of the molecule is C1=Cc2ccccc2C1.C1=Cc2ccccc2C1.[Zr].[c-]1cccc2c1C1=c3ccccc3=CC1=N2. The number of aliphatic imine (C=N–C) groups is 1. The first-order valence-corrected chi connectivity index (χ1v) is 11.8. The monoisotopic (exact) mass is 524 g/mol. The molecular formula is C33H24NZr-. The van der Waals surface area contributed by atoms with Crippen LogP contribution in [-0.4, -0.2) is 5.71 Å². The van der Waals surface area contributed by atoms with E-state index in [1.165, 1.54) is 38.3 Å². The van der Waals surface area contributed by atoms with Gasteiger partial charge in [-0.3, -0.25) is 0 Å². The van der Waals surface area contributed by atoms with Crippen molar-refractivity contribution in [3.63, 3.8) is 0 Å². The Bertz CT molecular complexity index is 1550. The first kappa shape index (κ1) is 23.4. The summed E-state index contributed by atoms with van der Waals surface area (Å²) in [6.07, 6.45) is 13.1. The molecule has 0 N–H and O–H groups in total. The Hall–Kier alpha value is -3.35. The van der Waals surface area contributed by atoms with Crippen molar-refractivity contribution in [3.05, 3.63) is 147 Å². The molecule has 0 fully saturated rings. The Balaban J connectivity index is 0.000000115. The van der Waals surface area contributed by atoms with Crippen LogP contribution in [0.25, 0.3) is 23.8 Å². The number of nitrogens with zero attached hydrogens (tertiary/aromatic N) is 1. The Morgan fingerprint density at radius 1 is 0.657 bits per heavy atom. The zero-order valence-electron chi connectivity index (χ0n) is 19.4. The average molecular weight is 526 g/mol. The summed E-state index contributed by atoms with van der Waals surface area (Å²) in [6.45, 7) is 0.